The average molecular weight is 370 g/mol. The van der Waals surface area contributed by atoms with E-state index in [9.17, 15) is 12.8 Å². The first-order valence-corrected chi connectivity index (χ1v) is 10.5. The Morgan fingerprint density at radius 1 is 1.32 bits per heavy atom. The first-order chi connectivity index (χ1) is 11.6. The van der Waals surface area contributed by atoms with Crippen LogP contribution >= 0.6 is 0 Å². The van der Waals surface area contributed by atoms with E-state index in [-0.39, 0.29) is 17.8 Å². The molecule has 0 bridgehead atoms. The molecule has 0 amide bonds. The SMILES string of the molecule is CCNC(=NCC(C)(C)S(C)(=O)=O)NCC1(c2cccc(F)c2)CC1. The van der Waals surface area contributed by atoms with E-state index < -0.39 is 14.6 Å². The van der Waals surface area contributed by atoms with Gasteiger partial charge in [-0.25, -0.2) is 12.8 Å². The summed E-state index contributed by atoms with van der Waals surface area (Å²) in [6.45, 7) is 6.79. The third-order valence-corrected chi connectivity index (χ3v) is 6.99. The standard InChI is InChI=1S/C18H28FN3O2S/c1-5-20-16(21-12-17(2,3)25(4,23)24)22-13-18(9-10-18)14-7-6-8-15(19)11-14/h6-8,11H,5,9-10,12-13H2,1-4H3,(H2,20,21,22). The number of sulfone groups is 1. The lowest BCUT2D eigenvalue weighted by Gasteiger charge is -2.22. The summed E-state index contributed by atoms with van der Waals surface area (Å²) in [7, 11) is -3.20. The van der Waals surface area contributed by atoms with Gasteiger partial charge in [-0.15, -0.1) is 0 Å². The Balaban J connectivity index is 2.06. The molecule has 1 fully saturated rings. The quantitative estimate of drug-likeness (QED) is 0.571. The van der Waals surface area contributed by atoms with Crippen molar-refractivity contribution in [3.63, 3.8) is 0 Å². The molecular formula is C18H28FN3O2S. The molecule has 0 heterocycles. The summed E-state index contributed by atoms with van der Waals surface area (Å²) in [4.78, 5) is 4.43. The maximum Gasteiger partial charge on any atom is 0.191 e. The number of rotatable bonds is 7. The van der Waals surface area contributed by atoms with Crippen molar-refractivity contribution in [1.82, 2.24) is 10.6 Å². The Morgan fingerprint density at radius 2 is 2.00 bits per heavy atom. The van der Waals surface area contributed by atoms with Gasteiger partial charge in [-0.3, -0.25) is 4.99 Å². The van der Waals surface area contributed by atoms with Gasteiger partial charge in [0.25, 0.3) is 0 Å². The third kappa shape index (κ3) is 4.93. The van der Waals surface area contributed by atoms with E-state index in [1.165, 1.54) is 12.3 Å². The summed E-state index contributed by atoms with van der Waals surface area (Å²) in [5, 5.41) is 6.43. The first kappa shape index (κ1) is 19.7. The Hall–Kier alpha value is -1.63. The highest BCUT2D eigenvalue weighted by atomic mass is 32.2. The van der Waals surface area contributed by atoms with Crippen LogP contribution in [0.5, 0.6) is 0 Å². The van der Waals surface area contributed by atoms with Crippen LogP contribution in [0.3, 0.4) is 0 Å². The number of aliphatic imine (C=N–C) groups is 1. The molecule has 140 valence electrons. The summed E-state index contributed by atoms with van der Waals surface area (Å²) in [6.07, 6.45) is 3.22. The first-order valence-electron chi connectivity index (χ1n) is 8.57. The van der Waals surface area contributed by atoms with Gasteiger partial charge in [0, 0.05) is 24.8 Å². The van der Waals surface area contributed by atoms with E-state index in [1.807, 2.05) is 13.0 Å². The summed E-state index contributed by atoms with van der Waals surface area (Å²) in [5.41, 5.74) is 0.928. The fourth-order valence-corrected chi connectivity index (χ4v) is 2.82. The van der Waals surface area contributed by atoms with Crippen molar-refractivity contribution in [2.45, 2.75) is 43.8 Å². The summed E-state index contributed by atoms with van der Waals surface area (Å²) < 4.78 is 36.2. The maximum atomic E-state index is 13.5. The van der Waals surface area contributed by atoms with Crippen LogP contribution in [0, 0.1) is 5.82 Å². The predicted molar refractivity (Wildman–Crippen MR) is 100 cm³/mol. The normalized spacial score (nSPS) is 17.2. The van der Waals surface area contributed by atoms with E-state index in [2.05, 4.69) is 15.6 Å². The fourth-order valence-electron chi connectivity index (χ4n) is 2.52. The molecule has 1 aromatic carbocycles. The summed E-state index contributed by atoms with van der Waals surface area (Å²) in [6, 6.07) is 6.73. The molecule has 1 aromatic rings. The molecule has 1 saturated carbocycles. The van der Waals surface area contributed by atoms with Gasteiger partial charge in [0.1, 0.15) is 5.82 Å². The van der Waals surface area contributed by atoms with E-state index in [1.54, 1.807) is 26.0 Å². The topological polar surface area (TPSA) is 70.6 Å². The van der Waals surface area contributed by atoms with Crippen molar-refractivity contribution in [2.75, 3.05) is 25.9 Å². The lowest BCUT2D eigenvalue weighted by atomic mass is 9.96. The van der Waals surface area contributed by atoms with Crippen LogP contribution in [0.15, 0.2) is 29.3 Å². The monoisotopic (exact) mass is 369 g/mol. The minimum absolute atomic E-state index is 0.0648. The van der Waals surface area contributed by atoms with E-state index in [0.717, 1.165) is 18.4 Å². The van der Waals surface area contributed by atoms with Crippen LogP contribution in [0.1, 0.15) is 39.2 Å². The maximum absolute atomic E-state index is 13.5. The number of benzene rings is 1. The number of nitrogens with zero attached hydrogens (tertiary/aromatic N) is 1. The smallest absolute Gasteiger partial charge is 0.191 e. The van der Waals surface area contributed by atoms with Gasteiger partial charge >= 0.3 is 0 Å². The second-order valence-corrected chi connectivity index (χ2v) is 10.0. The lowest BCUT2D eigenvalue weighted by Crippen LogP contribution is -2.43. The fraction of sp³-hybridized carbons (Fsp3) is 0.611. The van der Waals surface area contributed by atoms with Gasteiger partial charge in [0.05, 0.1) is 11.3 Å². The van der Waals surface area contributed by atoms with Crippen molar-refractivity contribution in [3.8, 4) is 0 Å². The molecule has 2 N–H and O–H groups in total. The molecule has 0 spiro atoms. The largest absolute Gasteiger partial charge is 0.357 e. The molecule has 1 aliphatic carbocycles. The molecule has 0 aromatic heterocycles. The molecule has 0 aliphatic heterocycles. The van der Waals surface area contributed by atoms with E-state index in [0.29, 0.717) is 19.0 Å². The Bertz CT molecular complexity index is 740. The van der Waals surface area contributed by atoms with Crippen LogP contribution in [0.2, 0.25) is 0 Å². The molecule has 0 atom stereocenters. The van der Waals surface area contributed by atoms with Crippen LogP contribution < -0.4 is 10.6 Å². The molecule has 7 heteroatoms. The highest BCUT2D eigenvalue weighted by molar-refractivity contribution is 7.92. The molecule has 5 nitrogen and oxygen atoms in total. The van der Waals surface area contributed by atoms with Crippen molar-refractivity contribution < 1.29 is 12.8 Å². The molecule has 2 rings (SSSR count). The predicted octanol–water partition coefficient (Wildman–Crippen LogP) is 2.24. The van der Waals surface area contributed by atoms with Crippen LogP contribution in [-0.4, -0.2) is 45.0 Å². The zero-order valence-electron chi connectivity index (χ0n) is 15.4. The lowest BCUT2D eigenvalue weighted by molar-refractivity contribution is 0.554. The minimum Gasteiger partial charge on any atom is -0.357 e. The number of guanidine groups is 1. The molecular weight excluding hydrogens is 341 g/mol. The van der Waals surface area contributed by atoms with Gasteiger partial charge in [-0.2, -0.15) is 0 Å². The number of nitrogens with one attached hydrogen (secondary N) is 2. The van der Waals surface area contributed by atoms with Gasteiger partial charge in [-0.05, 0) is 51.3 Å². The van der Waals surface area contributed by atoms with Gasteiger partial charge in [0.15, 0.2) is 15.8 Å². The third-order valence-electron chi connectivity index (χ3n) is 4.85. The minimum atomic E-state index is -3.20. The Morgan fingerprint density at radius 3 is 2.52 bits per heavy atom. The molecule has 25 heavy (non-hydrogen) atoms. The second-order valence-electron chi connectivity index (χ2n) is 7.37. The van der Waals surface area contributed by atoms with Gasteiger partial charge < -0.3 is 10.6 Å². The second kappa shape index (κ2) is 7.32. The molecule has 0 radical (unpaired) electrons. The zero-order valence-corrected chi connectivity index (χ0v) is 16.2. The van der Waals surface area contributed by atoms with E-state index in [4.69, 9.17) is 0 Å². The summed E-state index contributed by atoms with van der Waals surface area (Å²) in [5.74, 6) is 0.362. The van der Waals surface area contributed by atoms with Crippen molar-refractivity contribution in [3.05, 3.63) is 35.6 Å². The number of halogens is 1. The van der Waals surface area contributed by atoms with Crippen molar-refractivity contribution in [2.24, 2.45) is 4.99 Å². The Labute approximate surface area is 150 Å². The summed E-state index contributed by atoms with van der Waals surface area (Å²) >= 11 is 0. The van der Waals surface area contributed by atoms with Crippen LogP contribution in [-0.2, 0) is 15.3 Å². The average Bonchev–Trinajstić information content (AvgIpc) is 3.30. The molecule has 1 aliphatic rings. The highest BCUT2D eigenvalue weighted by Crippen LogP contribution is 2.47. The van der Waals surface area contributed by atoms with Gasteiger partial charge in [-0.1, -0.05) is 12.1 Å². The molecule has 0 saturated heterocycles. The van der Waals surface area contributed by atoms with Crippen LogP contribution in [0.4, 0.5) is 4.39 Å². The zero-order chi connectivity index (χ0) is 18.7. The van der Waals surface area contributed by atoms with Crippen molar-refractivity contribution >= 4 is 15.8 Å². The molecule has 0 unspecified atom stereocenters. The Kier molecular flexibility index (Phi) is 5.76. The van der Waals surface area contributed by atoms with Crippen LogP contribution in [0.25, 0.3) is 0 Å². The van der Waals surface area contributed by atoms with E-state index >= 15 is 0 Å². The van der Waals surface area contributed by atoms with Crippen molar-refractivity contribution in [1.29, 1.82) is 0 Å². The highest BCUT2D eigenvalue weighted by Gasteiger charge is 2.44. The number of hydrogen-bond acceptors (Lipinski definition) is 3. The number of hydrogen-bond donors (Lipinski definition) is 2. The van der Waals surface area contributed by atoms with Gasteiger partial charge in [0.2, 0.25) is 0 Å².